The molecule has 0 aliphatic heterocycles. The van der Waals surface area contributed by atoms with Gasteiger partial charge >= 0.3 is 0 Å². The van der Waals surface area contributed by atoms with Crippen molar-refractivity contribution in [2.24, 2.45) is 0 Å². The van der Waals surface area contributed by atoms with Crippen LogP contribution in [-0.2, 0) is 0 Å². The van der Waals surface area contributed by atoms with Crippen LogP contribution in [0.1, 0.15) is 37.7 Å². The first-order valence-electron chi connectivity index (χ1n) is 8.59. The first-order chi connectivity index (χ1) is 11.8. The van der Waals surface area contributed by atoms with Gasteiger partial charge in [0.1, 0.15) is 11.8 Å². The molecular weight excluding hydrogens is 302 g/mol. The summed E-state index contributed by atoms with van der Waals surface area (Å²) in [7, 11) is 0. The van der Waals surface area contributed by atoms with Gasteiger partial charge in [-0.25, -0.2) is 0 Å². The Labute approximate surface area is 142 Å². The summed E-state index contributed by atoms with van der Waals surface area (Å²) < 4.78 is 6.24. The highest BCUT2D eigenvalue weighted by Crippen LogP contribution is 2.31. The summed E-state index contributed by atoms with van der Waals surface area (Å²) >= 11 is 0. The predicted molar refractivity (Wildman–Crippen MR) is 92.8 cm³/mol. The number of hydrogen-bond donors (Lipinski definition) is 2. The van der Waals surface area contributed by atoms with Crippen LogP contribution in [0.25, 0.3) is 10.8 Å². The van der Waals surface area contributed by atoms with Crippen LogP contribution in [0.3, 0.4) is 0 Å². The minimum Gasteiger partial charge on any atom is -0.490 e. The Morgan fingerprint density at radius 1 is 1.25 bits per heavy atom. The number of rotatable bonds is 6. The van der Waals surface area contributed by atoms with Gasteiger partial charge in [0.25, 0.3) is 0 Å². The molecule has 0 unspecified atom stereocenters. The van der Waals surface area contributed by atoms with Crippen molar-refractivity contribution in [3.63, 3.8) is 0 Å². The number of nitrogens with one attached hydrogen (secondary N) is 1. The number of aliphatic hydroxyl groups is 1. The Hall–Kier alpha value is -2.16. The van der Waals surface area contributed by atoms with Gasteiger partial charge in [0.2, 0.25) is 0 Å². The van der Waals surface area contributed by atoms with Gasteiger partial charge in [-0.05, 0) is 44.7 Å². The SMILES string of the molecule is N#Cc1cncc2cccc(OC3CCC(NCCCO)CC3)c12. The van der Waals surface area contributed by atoms with Crippen molar-refractivity contribution in [2.75, 3.05) is 13.2 Å². The molecule has 3 rings (SSSR count). The zero-order valence-electron chi connectivity index (χ0n) is 13.7. The number of fused-ring (bicyclic) bond motifs is 1. The normalized spacial score (nSPS) is 20.7. The minimum atomic E-state index is 0.186. The summed E-state index contributed by atoms with van der Waals surface area (Å²) in [6.45, 7) is 1.11. The lowest BCUT2D eigenvalue weighted by atomic mass is 9.92. The second-order valence-corrected chi connectivity index (χ2v) is 6.28. The largest absolute Gasteiger partial charge is 0.490 e. The molecule has 126 valence electrons. The van der Waals surface area contributed by atoms with Gasteiger partial charge in [-0.2, -0.15) is 5.26 Å². The molecule has 1 aromatic carbocycles. The van der Waals surface area contributed by atoms with Gasteiger partial charge in [0.05, 0.1) is 11.7 Å². The van der Waals surface area contributed by atoms with E-state index in [4.69, 9.17) is 9.84 Å². The highest BCUT2D eigenvalue weighted by Gasteiger charge is 2.22. The maximum Gasteiger partial charge on any atom is 0.128 e. The van der Waals surface area contributed by atoms with E-state index in [2.05, 4.69) is 16.4 Å². The van der Waals surface area contributed by atoms with E-state index in [9.17, 15) is 5.26 Å². The summed E-state index contributed by atoms with van der Waals surface area (Å²) in [6.07, 6.45) is 8.51. The summed E-state index contributed by atoms with van der Waals surface area (Å²) in [6, 6.07) is 8.57. The van der Waals surface area contributed by atoms with Crippen LogP contribution in [0.4, 0.5) is 0 Å². The number of aliphatic hydroxyl groups excluding tert-OH is 1. The number of ether oxygens (including phenoxy) is 1. The first-order valence-corrected chi connectivity index (χ1v) is 8.59. The van der Waals surface area contributed by atoms with Crippen molar-refractivity contribution in [1.82, 2.24) is 10.3 Å². The molecule has 1 aliphatic carbocycles. The Kier molecular flexibility index (Phi) is 5.63. The van der Waals surface area contributed by atoms with Crippen molar-refractivity contribution in [2.45, 2.75) is 44.2 Å². The van der Waals surface area contributed by atoms with Gasteiger partial charge in [-0.1, -0.05) is 12.1 Å². The quantitative estimate of drug-likeness (QED) is 0.799. The number of hydrogen-bond acceptors (Lipinski definition) is 5. The van der Waals surface area contributed by atoms with E-state index >= 15 is 0 Å². The lowest BCUT2D eigenvalue weighted by molar-refractivity contribution is 0.141. The standard InChI is InChI=1S/C19H23N3O2/c20-11-15-13-21-12-14-3-1-4-18(19(14)15)24-17-7-5-16(6-8-17)22-9-2-10-23/h1,3-4,12-13,16-17,22-23H,2,5-10H2. The van der Waals surface area contributed by atoms with E-state index in [1.54, 1.807) is 12.4 Å². The number of nitriles is 1. The number of pyridine rings is 1. The fraction of sp³-hybridized carbons (Fsp3) is 0.474. The number of nitrogens with zero attached hydrogens (tertiary/aromatic N) is 2. The molecule has 0 saturated heterocycles. The molecule has 2 aromatic rings. The third-order valence-corrected chi connectivity index (χ3v) is 4.60. The minimum absolute atomic E-state index is 0.186. The third kappa shape index (κ3) is 3.84. The van der Waals surface area contributed by atoms with Crippen LogP contribution >= 0.6 is 0 Å². The fourth-order valence-electron chi connectivity index (χ4n) is 3.33. The molecule has 0 amide bonds. The molecule has 1 heterocycles. The van der Waals surface area contributed by atoms with Crippen molar-refractivity contribution in [3.8, 4) is 11.8 Å². The van der Waals surface area contributed by atoms with Gasteiger partial charge in [-0.15, -0.1) is 0 Å². The Morgan fingerprint density at radius 3 is 2.83 bits per heavy atom. The molecule has 1 aromatic heterocycles. The second-order valence-electron chi connectivity index (χ2n) is 6.28. The molecule has 0 atom stereocenters. The van der Waals surface area contributed by atoms with E-state index in [-0.39, 0.29) is 12.7 Å². The van der Waals surface area contributed by atoms with Crippen LogP contribution in [-0.4, -0.2) is 35.4 Å². The van der Waals surface area contributed by atoms with Crippen LogP contribution in [0.2, 0.25) is 0 Å². The van der Waals surface area contributed by atoms with Gasteiger partial charge in [-0.3, -0.25) is 4.98 Å². The topological polar surface area (TPSA) is 78.2 Å². The second kappa shape index (κ2) is 8.09. The lowest BCUT2D eigenvalue weighted by Gasteiger charge is -2.30. The average molecular weight is 325 g/mol. The van der Waals surface area contributed by atoms with E-state index in [0.29, 0.717) is 11.6 Å². The number of aromatic nitrogens is 1. The average Bonchev–Trinajstić information content (AvgIpc) is 2.63. The van der Waals surface area contributed by atoms with Gasteiger partial charge in [0.15, 0.2) is 0 Å². The first kappa shape index (κ1) is 16.7. The molecule has 0 radical (unpaired) electrons. The zero-order chi connectivity index (χ0) is 16.8. The highest BCUT2D eigenvalue weighted by atomic mass is 16.5. The van der Waals surface area contributed by atoms with E-state index in [1.807, 2.05) is 18.2 Å². The summed E-state index contributed by atoms with van der Waals surface area (Å²) in [5, 5.41) is 23.5. The molecule has 1 fully saturated rings. The summed E-state index contributed by atoms with van der Waals surface area (Å²) in [5.41, 5.74) is 0.558. The maximum atomic E-state index is 9.33. The molecule has 5 heteroatoms. The number of benzene rings is 1. The Balaban J connectivity index is 1.66. The monoisotopic (exact) mass is 325 g/mol. The molecular formula is C19H23N3O2. The lowest BCUT2D eigenvalue weighted by Crippen LogP contribution is -2.37. The maximum absolute atomic E-state index is 9.33. The van der Waals surface area contributed by atoms with Crippen LogP contribution < -0.4 is 10.1 Å². The third-order valence-electron chi connectivity index (χ3n) is 4.60. The molecule has 2 N–H and O–H groups in total. The van der Waals surface area contributed by atoms with Crippen LogP contribution in [0, 0.1) is 11.3 Å². The molecule has 24 heavy (non-hydrogen) atoms. The molecule has 0 bridgehead atoms. The molecule has 0 spiro atoms. The summed E-state index contributed by atoms with van der Waals surface area (Å²) in [4.78, 5) is 4.11. The molecule has 1 saturated carbocycles. The van der Waals surface area contributed by atoms with Gasteiger partial charge in [0, 0.05) is 35.8 Å². The Morgan fingerprint density at radius 2 is 2.08 bits per heavy atom. The molecule has 5 nitrogen and oxygen atoms in total. The smallest absolute Gasteiger partial charge is 0.128 e. The van der Waals surface area contributed by atoms with Crippen LogP contribution in [0.5, 0.6) is 5.75 Å². The fourth-order valence-corrected chi connectivity index (χ4v) is 3.33. The van der Waals surface area contributed by atoms with E-state index in [1.165, 1.54) is 0 Å². The van der Waals surface area contributed by atoms with Crippen molar-refractivity contribution >= 4 is 10.8 Å². The van der Waals surface area contributed by atoms with Gasteiger partial charge < -0.3 is 15.2 Å². The zero-order valence-corrected chi connectivity index (χ0v) is 13.7. The predicted octanol–water partition coefficient (Wildman–Crippen LogP) is 2.77. The molecule has 1 aliphatic rings. The summed E-state index contributed by atoms with van der Waals surface area (Å²) in [5.74, 6) is 0.781. The highest BCUT2D eigenvalue weighted by molar-refractivity contribution is 5.92. The van der Waals surface area contributed by atoms with Crippen LogP contribution in [0.15, 0.2) is 30.6 Å². The van der Waals surface area contributed by atoms with E-state index < -0.39 is 0 Å². The van der Waals surface area contributed by atoms with Crippen molar-refractivity contribution < 1.29 is 9.84 Å². The Bertz CT molecular complexity index is 713. The van der Waals surface area contributed by atoms with E-state index in [0.717, 1.165) is 55.2 Å². The van der Waals surface area contributed by atoms with Crippen molar-refractivity contribution in [3.05, 3.63) is 36.2 Å². The van der Waals surface area contributed by atoms with Crippen molar-refractivity contribution in [1.29, 1.82) is 5.26 Å².